The van der Waals surface area contributed by atoms with Gasteiger partial charge < -0.3 is 10.5 Å². The van der Waals surface area contributed by atoms with Crippen LogP contribution in [0.25, 0.3) is 0 Å². The number of pyridine rings is 1. The summed E-state index contributed by atoms with van der Waals surface area (Å²) in [5, 5.41) is 0. The number of nitrogens with zero attached hydrogens (tertiary/aromatic N) is 1. The van der Waals surface area contributed by atoms with Crippen LogP contribution in [0.15, 0.2) is 18.3 Å². The van der Waals surface area contributed by atoms with Crippen molar-refractivity contribution in [3.05, 3.63) is 23.9 Å². The van der Waals surface area contributed by atoms with Crippen molar-refractivity contribution in [1.82, 2.24) is 4.98 Å². The Bertz CT molecular complexity index is 263. The van der Waals surface area contributed by atoms with Gasteiger partial charge in [-0.1, -0.05) is 6.07 Å². The van der Waals surface area contributed by atoms with E-state index in [1.54, 1.807) is 6.20 Å². The van der Waals surface area contributed by atoms with Gasteiger partial charge in [-0.2, -0.15) is 0 Å². The molecule has 3 nitrogen and oxygen atoms in total. The number of nitrogen functional groups attached to an aromatic ring is 1. The molecule has 1 heterocycles. The highest BCUT2D eigenvalue weighted by atomic mass is 16.5. The first kappa shape index (κ1) is 11.0. The zero-order valence-corrected chi connectivity index (χ0v) is 8.70. The smallest absolute Gasteiger partial charge is 0.126 e. The van der Waals surface area contributed by atoms with Gasteiger partial charge in [-0.15, -0.1) is 0 Å². The molecule has 0 saturated heterocycles. The maximum absolute atomic E-state index is 5.72. The highest BCUT2D eigenvalue weighted by molar-refractivity contribution is 5.38. The maximum atomic E-state index is 5.72. The Hall–Kier alpha value is -1.09. The minimum Gasteiger partial charge on any atom is -0.383 e. The average Bonchev–Trinajstić information content (AvgIpc) is 2.20. The van der Waals surface area contributed by atoms with Crippen LogP contribution >= 0.6 is 0 Å². The van der Waals surface area contributed by atoms with Crippen LogP contribution in [-0.4, -0.2) is 18.2 Å². The summed E-state index contributed by atoms with van der Waals surface area (Å²) < 4.78 is 5.25. The van der Waals surface area contributed by atoms with E-state index in [1.807, 2.05) is 19.1 Å². The lowest BCUT2D eigenvalue weighted by Gasteiger charge is -2.04. The number of hydrogen-bond donors (Lipinski definition) is 1. The summed E-state index contributed by atoms with van der Waals surface area (Å²) in [5.74, 6) is 0.656. The molecule has 0 saturated carbocycles. The second kappa shape index (κ2) is 6.38. The Morgan fingerprint density at radius 2 is 2.29 bits per heavy atom. The molecule has 0 aromatic carbocycles. The van der Waals surface area contributed by atoms with Crippen LogP contribution in [0.3, 0.4) is 0 Å². The molecule has 3 heteroatoms. The molecule has 0 bridgehead atoms. The van der Waals surface area contributed by atoms with E-state index < -0.39 is 0 Å². The number of aromatic nitrogens is 1. The molecule has 1 aromatic heterocycles. The molecule has 0 radical (unpaired) electrons. The van der Waals surface area contributed by atoms with Crippen LogP contribution in [0, 0.1) is 0 Å². The molecule has 1 rings (SSSR count). The monoisotopic (exact) mass is 194 g/mol. The van der Waals surface area contributed by atoms with E-state index >= 15 is 0 Å². The molecule has 0 fully saturated rings. The van der Waals surface area contributed by atoms with E-state index in [2.05, 4.69) is 4.98 Å². The number of hydrogen-bond acceptors (Lipinski definition) is 3. The van der Waals surface area contributed by atoms with Gasteiger partial charge in [0.05, 0.1) is 0 Å². The van der Waals surface area contributed by atoms with E-state index in [4.69, 9.17) is 10.5 Å². The Morgan fingerprint density at radius 1 is 1.43 bits per heavy atom. The standard InChI is InChI=1S/C11H18N2O/c1-2-14-9-4-3-6-10-7-5-8-13-11(10)12/h5,7-8H,2-4,6,9H2,1H3,(H2,12,13). The summed E-state index contributed by atoms with van der Waals surface area (Å²) in [6.45, 7) is 3.66. The number of ether oxygens (including phenoxy) is 1. The Balaban J connectivity index is 2.21. The van der Waals surface area contributed by atoms with E-state index in [1.165, 1.54) is 0 Å². The van der Waals surface area contributed by atoms with E-state index in [-0.39, 0.29) is 0 Å². The van der Waals surface area contributed by atoms with Crippen molar-refractivity contribution in [2.45, 2.75) is 26.2 Å². The fourth-order valence-electron chi connectivity index (χ4n) is 1.33. The quantitative estimate of drug-likeness (QED) is 0.705. The minimum atomic E-state index is 0.656. The lowest BCUT2D eigenvalue weighted by atomic mass is 10.1. The third-order valence-electron chi connectivity index (χ3n) is 2.12. The molecule has 0 aliphatic carbocycles. The van der Waals surface area contributed by atoms with Gasteiger partial charge in [0, 0.05) is 19.4 Å². The minimum absolute atomic E-state index is 0.656. The molecule has 78 valence electrons. The van der Waals surface area contributed by atoms with Crippen molar-refractivity contribution >= 4 is 5.82 Å². The van der Waals surface area contributed by atoms with Crippen LogP contribution in [0.1, 0.15) is 25.3 Å². The van der Waals surface area contributed by atoms with Crippen molar-refractivity contribution in [1.29, 1.82) is 0 Å². The molecule has 1 aromatic rings. The lowest BCUT2D eigenvalue weighted by molar-refractivity contribution is 0.143. The van der Waals surface area contributed by atoms with Gasteiger partial charge in [-0.05, 0) is 37.8 Å². The van der Waals surface area contributed by atoms with Crippen molar-refractivity contribution < 1.29 is 4.74 Å². The SMILES string of the molecule is CCOCCCCc1cccnc1N. The summed E-state index contributed by atoms with van der Waals surface area (Å²) in [7, 11) is 0. The van der Waals surface area contributed by atoms with Crippen molar-refractivity contribution in [2.75, 3.05) is 18.9 Å². The van der Waals surface area contributed by atoms with Gasteiger partial charge in [0.25, 0.3) is 0 Å². The highest BCUT2D eigenvalue weighted by Crippen LogP contribution is 2.10. The second-order valence-electron chi connectivity index (χ2n) is 3.20. The summed E-state index contributed by atoms with van der Waals surface area (Å²) in [6.07, 6.45) is 4.91. The Labute approximate surface area is 85.3 Å². The number of unbranched alkanes of at least 4 members (excludes halogenated alkanes) is 1. The third kappa shape index (κ3) is 3.75. The fourth-order valence-corrected chi connectivity index (χ4v) is 1.33. The van der Waals surface area contributed by atoms with Gasteiger partial charge >= 0.3 is 0 Å². The van der Waals surface area contributed by atoms with Crippen molar-refractivity contribution in [2.24, 2.45) is 0 Å². The Kier molecular flexibility index (Phi) is 5.00. The molecule has 14 heavy (non-hydrogen) atoms. The first-order chi connectivity index (χ1) is 6.84. The Morgan fingerprint density at radius 3 is 3.00 bits per heavy atom. The van der Waals surface area contributed by atoms with Crippen molar-refractivity contribution in [3.63, 3.8) is 0 Å². The summed E-state index contributed by atoms with van der Waals surface area (Å²) in [6, 6.07) is 3.96. The molecule has 0 aliphatic heterocycles. The van der Waals surface area contributed by atoms with Gasteiger partial charge in [0.1, 0.15) is 5.82 Å². The van der Waals surface area contributed by atoms with Crippen LogP contribution in [0.5, 0.6) is 0 Å². The third-order valence-corrected chi connectivity index (χ3v) is 2.12. The molecule has 0 aliphatic rings. The highest BCUT2D eigenvalue weighted by Gasteiger charge is 1.98. The van der Waals surface area contributed by atoms with Crippen molar-refractivity contribution in [3.8, 4) is 0 Å². The first-order valence-electron chi connectivity index (χ1n) is 5.11. The van der Waals surface area contributed by atoms with E-state index in [0.717, 1.165) is 38.0 Å². The molecule has 2 N–H and O–H groups in total. The van der Waals surface area contributed by atoms with Crippen LogP contribution in [0.2, 0.25) is 0 Å². The molecular formula is C11H18N2O. The molecule has 0 amide bonds. The van der Waals surface area contributed by atoms with Crippen LogP contribution in [-0.2, 0) is 11.2 Å². The van der Waals surface area contributed by atoms with Gasteiger partial charge in [-0.3, -0.25) is 0 Å². The summed E-state index contributed by atoms with van der Waals surface area (Å²) in [4.78, 5) is 4.04. The molecule has 0 unspecified atom stereocenters. The van der Waals surface area contributed by atoms with E-state index in [0.29, 0.717) is 5.82 Å². The van der Waals surface area contributed by atoms with Gasteiger partial charge in [0.15, 0.2) is 0 Å². The topological polar surface area (TPSA) is 48.1 Å². The summed E-state index contributed by atoms with van der Waals surface area (Å²) >= 11 is 0. The number of anilines is 1. The van der Waals surface area contributed by atoms with Gasteiger partial charge in [0.2, 0.25) is 0 Å². The zero-order chi connectivity index (χ0) is 10.2. The maximum Gasteiger partial charge on any atom is 0.126 e. The normalized spacial score (nSPS) is 10.4. The number of rotatable bonds is 6. The fraction of sp³-hybridized carbons (Fsp3) is 0.545. The average molecular weight is 194 g/mol. The summed E-state index contributed by atoms with van der Waals surface area (Å²) in [5.41, 5.74) is 6.86. The number of aryl methyl sites for hydroxylation is 1. The number of nitrogens with two attached hydrogens (primary N) is 1. The van der Waals surface area contributed by atoms with Crippen LogP contribution < -0.4 is 5.73 Å². The molecular weight excluding hydrogens is 176 g/mol. The first-order valence-corrected chi connectivity index (χ1v) is 5.11. The van der Waals surface area contributed by atoms with Gasteiger partial charge in [-0.25, -0.2) is 4.98 Å². The molecule has 0 atom stereocenters. The predicted octanol–water partition coefficient (Wildman–Crippen LogP) is 2.02. The second-order valence-corrected chi connectivity index (χ2v) is 3.20. The largest absolute Gasteiger partial charge is 0.383 e. The predicted molar refractivity (Wildman–Crippen MR) is 58.1 cm³/mol. The van der Waals surface area contributed by atoms with E-state index in [9.17, 15) is 0 Å². The zero-order valence-electron chi connectivity index (χ0n) is 8.70. The molecule has 0 spiro atoms. The lowest BCUT2D eigenvalue weighted by Crippen LogP contribution is -1.99. The van der Waals surface area contributed by atoms with Crippen LogP contribution in [0.4, 0.5) is 5.82 Å².